The van der Waals surface area contributed by atoms with Gasteiger partial charge >= 0.3 is 0 Å². The minimum atomic E-state index is -0.0737. The van der Waals surface area contributed by atoms with E-state index in [-0.39, 0.29) is 5.56 Å². The molecule has 3 rings (SSSR count). The van der Waals surface area contributed by atoms with Crippen molar-refractivity contribution < 1.29 is 4.74 Å². The summed E-state index contributed by atoms with van der Waals surface area (Å²) in [5, 5.41) is 0. The number of aromatic amines is 1. The molecule has 1 N–H and O–H groups in total. The molecule has 1 aliphatic rings. The Labute approximate surface area is 124 Å². The fourth-order valence-corrected chi connectivity index (χ4v) is 3.07. The Kier molecular flexibility index (Phi) is 3.78. The number of benzene rings is 1. The monoisotopic (exact) mass is 284 g/mol. The average Bonchev–Trinajstić information content (AvgIpc) is 3.01. The second kappa shape index (κ2) is 5.72. The van der Waals surface area contributed by atoms with Gasteiger partial charge in [0.1, 0.15) is 11.6 Å². The Morgan fingerprint density at radius 3 is 2.67 bits per heavy atom. The predicted octanol–water partition coefficient (Wildman–Crippen LogP) is 3.41. The van der Waals surface area contributed by atoms with Crippen LogP contribution in [0.5, 0.6) is 5.75 Å². The molecule has 0 saturated heterocycles. The largest absolute Gasteiger partial charge is 0.496 e. The van der Waals surface area contributed by atoms with Crippen molar-refractivity contribution in [1.29, 1.82) is 0 Å². The van der Waals surface area contributed by atoms with Gasteiger partial charge in [0.05, 0.1) is 12.8 Å². The van der Waals surface area contributed by atoms with Gasteiger partial charge in [-0.3, -0.25) is 4.79 Å². The molecule has 0 radical (unpaired) electrons. The molecule has 21 heavy (non-hydrogen) atoms. The Morgan fingerprint density at radius 1 is 1.24 bits per heavy atom. The minimum Gasteiger partial charge on any atom is -0.496 e. The zero-order valence-corrected chi connectivity index (χ0v) is 12.5. The van der Waals surface area contributed by atoms with E-state index in [1.165, 1.54) is 12.8 Å². The van der Waals surface area contributed by atoms with Crippen molar-refractivity contribution in [3.05, 3.63) is 45.9 Å². The molecule has 1 aromatic carbocycles. The van der Waals surface area contributed by atoms with E-state index in [2.05, 4.69) is 9.97 Å². The van der Waals surface area contributed by atoms with Gasteiger partial charge in [-0.05, 0) is 43.5 Å². The van der Waals surface area contributed by atoms with Gasteiger partial charge < -0.3 is 9.72 Å². The lowest BCUT2D eigenvalue weighted by Gasteiger charge is -2.11. The third-order valence-electron chi connectivity index (χ3n) is 4.20. The summed E-state index contributed by atoms with van der Waals surface area (Å²) in [6.07, 6.45) is 4.74. The third kappa shape index (κ3) is 2.84. The lowest BCUT2D eigenvalue weighted by molar-refractivity contribution is 0.412. The molecule has 0 atom stereocenters. The number of methoxy groups -OCH3 is 1. The summed E-state index contributed by atoms with van der Waals surface area (Å²) in [5.74, 6) is 1.92. The predicted molar refractivity (Wildman–Crippen MR) is 82.8 cm³/mol. The fraction of sp³-hybridized carbons (Fsp3) is 0.412. The highest BCUT2D eigenvalue weighted by Crippen LogP contribution is 2.33. The first kappa shape index (κ1) is 13.9. The molecule has 1 aromatic heterocycles. The molecular weight excluding hydrogens is 264 g/mol. The van der Waals surface area contributed by atoms with Crippen LogP contribution in [0.15, 0.2) is 29.1 Å². The molecule has 0 aliphatic heterocycles. The maximum Gasteiger partial charge on any atom is 0.251 e. The first-order chi connectivity index (χ1) is 10.2. The van der Waals surface area contributed by atoms with Gasteiger partial charge in [0.25, 0.3) is 5.56 Å². The van der Waals surface area contributed by atoms with Crippen molar-refractivity contribution in [3.63, 3.8) is 0 Å². The van der Waals surface area contributed by atoms with Gasteiger partial charge in [-0.15, -0.1) is 0 Å². The number of hydrogen-bond acceptors (Lipinski definition) is 3. The molecule has 1 saturated carbocycles. The van der Waals surface area contributed by atoms with E-state index in [0.29, 0.717) is 11.7 Å². The van der Waals surface area contributed by atoms with E-state index < -0.39 is 0 Å². The first-order valence-corrected chi connectivity index (χ1v) is 7.43. The van der Waals surface area contributed by atoms with E-state index in [1.807, 2.05) is 25.1 Å². The van der Waals surface area contributed by atoms with Crippen LogP contribution in [0.3, 0.4) is 0 Å². The number of ether oxygens (including phenoxy) is 1. The highest BCUT2D eigenvalue weighted by molar-refractivity contribution is 5.58. The van der Waals surface area contributed by atoms with E-state index >= 15 is 0 Å². The van der Waals surface area contributed by atoms with Crippen LogP contribution < -0.4 is 10.3 Å². The third-order valence-corrected chi connectivity index (χ3v) is 4.20. The van der Waals surface area contributed by atoms with Crippen molar-refractivity contribution in [2.24, 2.45) is 0 Å². The molecule has 1 fully saturated rings. The average molecular weight is 284 g/mol. The Hall–Kier alpha value is -2.10. The molecule has 2 aromatic rings. The number of aryl methyl sites for hydroxylation is 1. The Bertz CT molecular complexity index is 700. The molecule has 4 nitrogen and oxygen atoms in total. The number of nitrogens with one attached hydrogen (secondary N) is 1. The Morgan fingerprint density at radius 2 is 2.00 bits per heavy atom. The lowest BCUT2D eigenvalue weighted by Crippen LogP contribution is -2.12. The van der Waals surface area contributed by atoms with E-state index in [4.69, 9.17) is 4.74 Å². The smallest absolute Gasteiger partial charge is 0.251 e. The standard InChI is InChI=1S/C17H20N2O2/c1-11-9-13(7-8-15(11)21-2)17-18-14(10-16(20)19-17)12-5-3-4-6-12/h7-10,12H,3-6H2,1-2H3,(H,18,19,20). The van der Waals surface area contributed by atoms with Gasteiger partial charge in [-0.2, -0.15) is 0 Å². The summed E-state index contributed by atoms with van der Waals surface area (Å²) in [5.41, 5.74) is 2.81. The van der Waals surface area contributed by atoms with Crippen LogP contribution in [0.25, 0.3) is 11.4 Å². The van der Waals surface area contributed by atoms with Gasteiger partial charge in [-0.1, -0.05) is 12.8 Å². The summed E-state index contributed by atoms with van der Waals surface area (Å²) in [6.45, 7) is 1.99. The van der Waals surface area contributed by atoms with Gasteiger partial charge in [0.15, 0.2) is 0 Å². The zero-order valence-electron chi connectivity index (χ0n) is 12.5. The molecular formula is C17H20N2O2. The van der Waals surface area contributed by atoms with Crippen LogP contribution in [0, 0.1) is 6.92 Å². The molecule has 0 unspecified atom stereocenters. The summed E-state index contributed by atoms with van der Waals surface area (Å²) in [6, 6.07) is 7.49. The van der Waals surface area contributed by atoms with E-state index in [0.717, 1.165) is 35.4 Å². The summed E-state index contributed by atoms with van der Waals surface area (Å²) >= 11 is 0. The van der Waals surface area contributed by atoms with E-state index in [1.54, 1.807) is 13.2 Å². The highest BCUT2D eigenvalue weighted by atomic mass is 16.5. The fourth-order valence-electron chi connectivity index (χ4n) is 3.07. The molecule has 0 spiro atoms. The number of rotatable bonds is 3. The Balaban J connectivity index is 2.01. The number of hydrogen-bond donors (Lipinski definition) is 1. The molecule has 0 bridgehead atoms. The number of aromatic nitrogens is 2. The molecule has 1 heterocycles. The van der Waals surface area contributed by atoms with Crippen molar-refractivity contribution in [3.8, 4) is 17.1 Å². The van der Waals surface area contributed by atoms with Crippen molar-refractivity contribution in [2.75, 3.05) is 7.11 Å². The van der Waals surface area contributed by atoms with Gasteiger partial charge in [0, 0.05) is 17.5 Å². The minimum absolute atomic E-state index is 0.0737. The van der Waals surface area contributed by atoms with Gasteiger partial charge in [-0.25, -0.2) is 4.98 Å². The second-order valence-corrected chi connectivity index (χ2v) is 5.68. The number of H-pyrrole nitrogens is 1. The van der Waals surface area contributed by atoms with Crippen LogP contribution in [0.1, 0.15) is 42.9 Å². The van der Waals surface area contributed by atoms with Crippen molar-refractivity contribution >= 4 is 0 Å². The summed E-state index contributed by atoms with van der Waals surface area (Å²) in [7, 11) is 1.66. The normalized spacial score (nSPS) is 15.3. The van der Waals surface area contributed by atoms with Crippen LogP contribution in [-0.4, -0.2) is 17.1 Å². The zero-order chi connectivity index (χ0) is 14.8. The van der Waals surface area contributed by atoms with Gasteiger partial charge in [0.2, 0.25) is 0 Å². The van der Waals surface area contributed by atoms with Crippen molar-refractivity contribution in [1.82, 2.24) is 9.97 Å². The van der Waals surface area contributed by atoms with Crippen LogP contribution in [0.2, 0.25) is 0 Å². The number of nitrogens with zero attached hydrogens (tertiary/aromatic N) is 1. The molecule has 0 amide bonds. The molecule has 110 valence electrons. The highest BCUT2D eigenvalue weighted by Gasteiger charge is 2.19. The SMILES string of the molecule is COc1ccc(-c2nc(C3CCCC3)cc(=O)[nH]2)cc1C. The van der Waals surface area contributed by atoms with Crippen LogP contribution in [0.4, 0.5) is 0 Å². The maximum atomic E-state index is 11.9. The lowest BCUT2D eigenvalue weighted by atomic mass is 10.0. The first-order valence-electron chi connectivity index (χ1n) is 7.43. The molecule has 1 aliphatic carbocycles. The quantitative estimate of drug-likeness (QED) is 0.939. The van der Waals surface area contributed by atoms with E-state index in [9.17, 15) is 4.79 Å². The second-order valence-electron chi connectivity index (χ2n) is 5.68. The summed E-state index contributed by atoms with van der Waals surface area (Å²) in [4.78, 5) is 19.5. The van der Waals surface area contributed by atoms with Crippen LogP contribution in [-0.2, 0) is 0 Å². The summed E-state index contributed by atoms with van der Waals surface area (Å²) < 4.78 is 5.27. The molecule has 4 heteroatoms. The maximum absolute atomic E-state index is 11.9. The van der Waals surface area contributed by atoms with Crippen LogP contribution >= 0.6 is 0 Å². The van der Waals surface area contributed by atoms with Crippen molar-refractivity contribution in [2.45, 2.75) is 38.5 Å². The topological polar surface area (TPSA) is 55.0 Å².